The van der Waals surface area contributed by atoms with Crippen LogP contribution < -0.4 is 10.1 Å². The lowest BCUT2D eigenvalue weighted by molar-refractivity contribution is 0.470. The molecule has 0 fully saturated rings. The normalized spacial score (nSPS) is 12.5. The van der Waals surface area contributed by atoms with Crippen molar-refractivity contribution in [3.63, 3.8) is 0 Å². The predicted molar refractivity (Wildman–Crippen MR) is 84.9 cm³/mol. The van der Waals surface area contributed by atoms with Crippen molar-refractivity contribution >= 4 is 11.0 Å². The monoisotopic (exact) mass is 281 g/mol. The van der Waals surface area contributed by atoms with Gasteiger partial charge in [0.2, 0.25) is 0 Å². The van der Waals surface area contributed by atoms with E-state index in [-0.39, 0.29) is 6.04 Å². The molecule has 3 rings (SSSR count). The molecule has 0 saturated carbocycles. The van der Waals surface area contributed by atoms with E-state index in [0.717, 1.165) is 33.8 Å². The molecule has 0 amide bonds. The highest BCUT2D eigenvalue weighted by Gasteiger charge is 2.15. The van der Waals surface area contributed by atoms with Crippen molar-refractivity contribution in [2.24, 2.45) is 0 Å². The third-order valence-electron chi connectivity index (χ3n) is 3.75. The van der Waals surface area contributed by atoms with Crippen LogP contribution in [0.3, 0.4) is 0 Å². The Hall–Kier alpha value is -2.26. The molecule has 1 unspecified atom stereocenters. The number of para-hydroxylation sites is 1. The maximum Gasteiger partial charge on any atom is 0.134 e. The molecule has 0 bridgehead atoms. The van der Waals surface area contributed by atoms with Crippen LogP contribution in [0, 0.1) is 6.92 Å². The molecule has 0 saturated heterocycles. The fourth-order valence-electron chi connectivity index (χ4n) is 2.45. The van der Waals surface area contributed by atoms with E-state index in [1.54, 1.807) is 0 Å². The van der Waals surface area contributed by atoms with Gasteiger partial charge in [0.15, 0.2) is 0 Å². The minimum absolute atomic E-state index is 0.191. The Morgan fingerprint density at radius 2 is 1.81 bits per heavy atom. The third-order valence-corrected chi connectivity index (χ3v) is 3.75. The second kappa shape index (κ2) is 5.62. The molecule has 0 aliphatic carbocycles. The molecule has 3 aromatic rings. The zero-order valence-corrected chi connectivity index (χ0v) is 12.5. The van der Waals surface area contributed by atoms with Crippen LogP contribution in [0.5, 0.6) is 11.5 Å². The summed E-state index contributed by atoms with van der Waals surface area (Å²) in [5, 5.41) is 4.31. The van der Waals surface area contributed by atoms with Crippen molar-refractivity contribution < 1.29 is 9.15 Å². The van der Waals surface area contributed by atoms with Crippen LogP contribution in [0.15, 0.2) is 52.9 Å². The third kappa shape index (κ3) is 2.65. The van der Waals surface area contributed by atoms with Gasteiger partial charge >= 0.3 is 0 Å². The van der Waals surface area contributed by atoms with Crippen LogP contribution in [0.1, 0.15) is 24.3 Å². The lowest BCUT2D eigenvalue weighted by atomic mass is 10.1. The van der Waals surface area contributed by atoms with Crippen molar-refractivity contribution in [2.45, 2.75) is 19.9 Å². The van der Waals surface area contributed by atoms with Crippen molar-refractivity contribution in [2.75, 3.05) is 7.05 Å². The molecule has 1 heterocycles. The van der Waals surface area contributed by atoms with E-state index in [4.69, 9.17) is 9.15 Å². The van der Waals surface area contributed by atoms with Gasteiger partial charge in [-0.2, -0.15) is 0 Å². The van der Waals surface area contributed by atoms with E-state index >= 15 is 0 Å². The predicted octanol–water partition coefficient (Wildman–Crippen LogP) is 4.81. The minimum atomic E-state index is 0.191. The fourth-order valence-corrected chi connectivity index (χ4v) is 2.45. The van der Waals surface area contributed by atoms with Crippen LogP contribution in [-0.4, -0.2) is 7.05 Å². The maximum absolute atomic E-state index is 5.94. The number of furan rings is 1. The van der Waals surface area contributed by atoms with Crippen LogP contribution in [0.2, 0.25) is 0 Å². The molecule has 1 N–H and O–H groups in total. The number of fused-ring (bicyclic) bond motifs is 1. The largest absolute Gasteiger partial charge is 0.459 e. The van der Waals surface area contributed by atoms with Gasteiger partial charge in [0, 0.05) is 10.9 Å². The number of benzene rings is 2. The summed E-state index contributed by atoms with van der Waals surface area (Å²) in [5.74, 6) is 2.63. The van der Waals surface area contributed by atoms with Gasteiger partial charge in [0.25, 0.3) is 0 Å². The molecule has 1 aromatic heterocycles. The zero-order valence-electron chi connectivity index (χ0n) is 12.5. The summed E-state index contributed by atoms with van der Waals surface area (Å²) in [5.41, 5.74) is 2.05. The number of nitrogens with one attached hydrogen (secondary N) is 1. The first-order valence-electron chi connectivity index (χ1n) is 7.12. The molecule has 108 valence electrons. The van der Waals surface area contributed by atoms with E-state index in [1.165, 1.54) is 0 Å². The first kappa shape index (κ1) is 13.7. The molecular formula is C18H19NO2. The number of hydrogen-bond donors (Lipinski definition) is 1. The van der Waals surface area contributed by atoms with Crippen LogP contribution >= 0.6 is 0 Å². The van der Waals surface area contributed by atoms with E-state index in [0.29, 0.717) is 0 Å². The summed E-state index contributed by atoms with van der Waals surface area (Å²) < 4.78 is 11.8. The molecule has 1 atom stereocenters. The summed E-state index contributed by atoms with van der Waals surface area (Å²) in [6, 6.07) is 15.9. The highest BCUT2D eigenvalue weighted by atomic mass is 16.5. The van der Waals surface area contributed by atoms with E-state index in [9.17, 15) is 0 Å². The van der Waals surface area contributed by atoms with Crippen LogP contribution in [-0.2, 0) is 0 Å². The molecule has 3 nitrogen and oxygen atoms in total. The minimum Gasteiger partial charge on any atom is -0.459 e. The molecule has 0 aliphatic heterocycles. The fraction of sp³-hybridized carbons (Fsp3) is 0.222. The molecular weight excluding hydrogens is 262 g/mol. The standard InChI is InChI=1S/C18H19NO2/c1-12-16-11-15(20-14-7-5-4-6-8-14)9-10-17(16)21-18(12)13(2)19-3/h4-11,13,19H,1-3H3. The molecule has 0 spiro atoms. The number of ether oxygens (including phenoxy) is 1. The van der Waals surface area contributed by atoms with Gasteiger partial charge < -0.3 is 14.5 Å². The number of aryl methyl sites for hydroxylation is 1. The van der Waals surface area contributed by atoms with Crippen molar-refractivity contribution in [1.82, 2.24) is 5.32 Å². The highest BCUT2D eigenvalue weighted by molar-refractivity contribution is 5.83. The highest BCUT2D eigenvalue weighted by Crippen LogP contribution is 2.33. The molecule has 3 heteroatoms. The van der Waals surface area contributed by atoms with Crippen LogP contribution in [0.25, 0.3) is 11.0 Å². The van der Waals surface area contributed by atoms with Gasteiger partial charge in [-0.05, 0) is 51.2 Å². The van der Waals surface area contributed by atoms with E-state index < -0.39 is 0 Å². The van der Waals surface area contributed by atoms with Crippen molar-refractivity contribution in [3.8, 4) is 11.5 Å². The van der Waals surface area contributed by atoms with Crippen molar-refractivity contribution in [1.29, 1.82) is 0 Å². The number of rotatable bonds is 4. The second-order valence-corrected chi connectivity index (χ2v) is 5.17. The molecule has 0 radical (unpaired) electrons. The molecule has 0 aliphatic rings. The average Bonchev–Trinajstić information content (AvgIpc) is 2.84. The van der Waals surface area contributed by atoms with Gasteiger partial charge in [-0.1, -0.05) is 18.2 Å². The Bertz CT molecular complexity index is 747. The molecule has 2 aromatic carbocycles. The first-order chi connectivity index (χ1) is 10.2. The summed E-state index contributed by atoms with van der Waals surface area (Å²) in [7, 11) is 1.93. The topological polar surface area (TPSA) is 34.4 Å². The Morgan fingerprint density at radius 3 is 2.52 bits per heavy atom. The van der Waals surface area contributed by atoms with Gasteiger partial charge in [-0.25, -0.2) is 0 Å². The van der Waals surface area contributed by atoms with Crippen LogP contribution in [0.4, 0.5) is 0 Å². The van der Waals surface area contributed by atoms with Gasteiger partial charge in [-0.15, -0.1) is 0 Å². The SMILES string of the molecule is CNC(C)c1oc2ccc(Oc3ccccc3)cc2c1C. The van der Waals surface area contributed by atoms with Gasteiger partial charge in [0.1, 0.15) is 22.8 Å². The van der Waals surface area contributed by atoms with Gasteiger partial charge in [0.05, 0.1) is 6.04 Å². The van der Waals surface area contributed by atoms with E-state index in [2.05, 4.69) is 19.2 Å². The smallest absolute Gasteiger partial charge is 0.134 e. The number of hydrogen-bond acceptors (Lipinski definition) is 3. The lowest BCUT2D eigenvalue weighted by Gasteiger charge is -2.07. The Kier molecular flexibility index (Phi) is 3.67. The Labute approximate surface area is 124 Å². The Morgan fingerprint density at radius 1 is 1.05 bits per heavy atom. The van der Waals surface area contributed by atoms with E-state index in [1.807, 2.05) is 55.6 Å². The lowest BCUT2D eigenvalue weighted by Crippen LogP contribution is -2.12. The molecule has 21 heavy (non-hydrogen) atoms. The summed E-state index contributed by atoms with van der Waals surface area (Å²) in [6.45, 7) is 4.17. The van der Waals surface area contributed by atoms with Crippen molar-refractivity contribution in [3.05, 3.63) is 59.9 Å². The quantitative estimate of drug-likeness (QED) is 0.745. The summed E-state index contributed by atoms with van der Waals surface area (Å²) in [4.78, 5) is 0. The second-order valence-electron chi connectivity index (χ2n) is 5.17. The zero-order chi connectivity index (χ0) is 14.8. The van der Waals surface area contributed by atoms with Gasteiger partial charge in [-0.3, -0.25) is 0 Å². The summed E-state index contributed by atoms with van der Waals surface area (Å²) >= 11 is 0. The average molecular weight is 281 g/mol. The maximum atomic E-state index is 5.94. The first-order valence-corrected chi connectivity index (χ1v) is 7.12. The summed E-state index contributed by atoms with van der Waals surface area (Å²) in [6.07, 6.45) is 0. The Balaban J connectivity index is 1.98.